The Morgan fingerprint density at radius 2 is 2.25 bits per heavy atom. The minimum atomic E-state index is 0.416. The molecule has 1 aromatic heterocycles. The molecular weight excluding hydrogens is 228 g/mol. The standard InChI is InChI=1S/C7H6ClN3.C3H7NO/c1-5-6(4-10-11-5)7(8)2-3-9;1-4(2)3-5/h2,4H,1H3,(H,10,11);3H,1-2H3/b7-2-;. The van der Waals surface area contributed by atoms with Crippen LogP contribution in [0.3, 0.4) is 0 Å². The first-order valence-electron chi connectivity index (χ1n) is 4.40. The number of halogens is 1. The second-order valence-corrected chi connectivity index (χ2v) is 3.51. The molecule has 0 bridgehead atoms. The summed E-state index contributed by atoms with van der Waals surface area (Å²) in [6.45, 7) is 1.84. The van der Waals surface area contributed by atoms with Gasteiger partial charge in [-0.05, 0) is 6.92 Å². The van der Waals surface area contributed by atoms with E-state index in [9.17, 15) is 4.79 Å². The van der Waals surface area contributed by atoms with E-state index in [1.807, 2.05) is 13.0 Å². The van der Waals surface area contributed by atoms with Crippen LogP contribution in [0, 0.1) is 18.3 Å². The summed E-state index contributed by atoms with van der Waals surface area (Å²) in [6.07, 6.45) is 3.62. The van der Waals surface area contributed by atoms with Gasteiger partial charge in [-0.2, -0.15) is 10.4 Å². The van der Waals surface area contributed by atoms with Crippen molar-refractivity contribution in [1.82, 2.24) is 15.1 Å². The van der Waals surface area contributed by atoms with Crippen molar-refractivity contribution in [2.24, 2.45) is 0 Å². The quantitative estimate of drug-likeness (QED) is 0.629. The van der Waals surface area contributed by atoms with Crippen LogP contribution in [0.2, 0.25) is 0 Å². The van der Waals surface area contributed by atoms with E-state index in [1.165, 1.54) is 11.0 Å². The number of carbonyl (C=O) groups is 1. The van der Waals surface area contributed by atoms with Crippen molar-refractivity contribution in [3.05, 3.63) is 23.5 Å². The molecule has 0 aliphatic rings. The molecule has 0 radical (unpaired) electrons. The van der Waals surface area contributed by atoms with Crippen LogP contribution < -0.4 is 0 Å². The first-order chi connectivity index (χ1) is 7.52. The van der Waals surface area contributed by atoms with Gasteiger partial charge in [0, 0.05) is 31.4 Å². The minimum absolute atomic E-state index is 0.416. The van der Waals surface area contributed by atoms with Crippen molar-refractivity contribution in [3.8, 4) is 6.07 Å². The third kappa shape index (κ3) is 5.17. The monoisotopic (exact) mass is 240 g/mol. The lowest BCUT2D eigenvalue weighted by Gasteiger charge is -1.93. The predicted molar refractivity (Wildman–Crippen MR) is 62.5 cm³/mol. The lowest BCUT2D eigenvalue weighted by atomic mass is 10.2. The van der Waals surface area contributed by atoms with Crippen LogP contribution in [-0.2, 0) is 4.79 Å². The second kappa shape index (κ2) is 7.49. The summed E-state index contributed by atoms with van der Waals surface area (Å²) in [5, 5.41) is 15.2. The van der Waals surface area contributed by atoms with Gasteiger partial charge >= 0.3 is 0 Å². The van der Waals surface area contributed by atoms with Gasteiger partial charge in [0.25, 0.3) is 0 Å². The van der Waals surface area contributed by atoms with Crippen molar-refractivity contribution in [3.63, 3.8) is 0 Å². The zero-order valence-corrected chi connectivity index (χ0v) is 10.1. The molecule has 0 saturated heterocycles. The first kappa shape index (κ1) is 14.2. The lowest BCUT2D eigenvalue weighted by Crippen LogP contribution is -2.06. The van der Waals surface area contributed by atoms with E-state index < -0.39 is 0 Å². The first-order valence-corrected chi connectivity index (χ1v) is 4.78. The number of nitrogens with one attached hydrogen (secondary N) is 1. The smallest absolute Gasteiger partial charge is 0.209 e. The van der Waals surface area contributed by atoms with E-state index in [2.05, 4.69) is 10.2 Å². The Bertz CT molecular complexity index is 403. The molecule has 1 amide bonds. The van der Waals surface area contributed by atoms with Crippen LogP contribution in [0.25, 0.3) is 5.03 Å². The maximum atomic E-state index is 9.43. The second-order valence-electron chi connectivity index (χ2n) is 3.10. The van der Waals surface area contributed by atoms with Gasteiger partial charge in [-0.3, -0.25) is 9.89 Å². The summed E-state index contributed by atoms with van der Waals surface area (Å²) in [4.78, 5) is 10.9. The fraction of sp³-hybridized carbons (Fsp3) is 0.300. The molecule has 0 aromatic carbocycles. The van der Waals surface area contributed by atoms with Gasteiger partial charge in [-0.15, -0.1) is 0 Å². The summed E-state index contributed by atoms with van der Waals surface area (Å²) in [7, 11) is 3.38. The van der Waals surface area contributed by atoms with Gasteiger partial charge in [0.15, 0.2) is 0 Å². The molecular formula is C10H13ClN4O. The fourth-order valence-electron chi connectivity index (χ4n) is 0.726. The lowest BCUT2D eigenvalue weighted by molar-refractivity contribution is -0.115. The Kier molecular flexibility index (Phi) is 6.64. The number of nitriles is 1. The van der Waals surface area contributed by atoms with E-state index in [1.54, 1.807) is 20.3 Å². The van der Waals surface area contributed by atoms with Gasteiger partial charge in [-0.25, -0.2) is 0 Å². The molecule has 0 unspecified atom stereocenters. The maximum Gasteiger partial charge on any atom is 0.209 e. The number of carbonyl (C=O) groups excluding carboxylic acids is 1. The Hall–Kier alpha value is -1.80. The summed E-state index contributed by atoms with van der Waals surface area (Å²) in [5.41, 5.74) is 1.63. The normalized spacial score (nSPS) is 9.81. The summed E-state index contributed by atoms with van der Waals surface area (Å²) in [6, 6.07) is 1.85. The van der Waals surface area contributed by atoms with Gasteiger partial charge in [0.05, 0.1) is 17.3 Å². The molecule has 86 valence electrons. The highest BCUT2D eigenvalue weighted by Crippen LogP contribution is 2.19. The molecule has 0 fully saturated rings. The van der Waals surface area contributed by atoms with Crippen LogP contribution in [0.15, 0.2) is 12.3 Å². The number of hydrogen-bond donors (Lipinski definition) is 1. The molecule has 0 saturated carbocycles. The van der Waals surface area contributed by atoms with Crippen molar-refractivity contribution in [2.45, 2.75) is 6.92 Å². The molecule has 5 nitrogen and oxygen atoms in total. The molecule has 1 heterocycles. The molecule has 1 rings (SSSR count). The number of aromatic nitrogens is 2. The number of hydrogen-bond acceptors (Lipinski definition) is 3. The van der Waals surface area contributed by atoms with Gasteiger partial charge in [0.2, 0.25) is 6.41 Å². The largest absolute Gasteiger partial charge is 0.351 e. The van der Waals surface area contributed by atoms with Crippen LogP contribution in [0.5, 0.6) is 0 Å². The van der Waals surface area contributed by atoms with Gasteiger partial charge in [-0.1, -0.05) is 11.6 Å². The third-order valence-corrected chi connectivity index (χ3v) is 1.80. The summed E-state index contributed by atoms with van der Waals surface area (Å²) in [5.74, 6) is 0. The molecule has 6 heteroatoms. The maximum absolute atomic E-state index is 9.43. The predicted octanol–water partition coefficient (Wildman–Crippen LogP) is 1.53. The number of aryl methyl sites for hydroxylation is 1. The highest BCUT2D eigenvalue weighted by molar-refractivity contribution is 6.49. The molecule has 0 aliphatic heterocycles. The number of rotatable bonds is 2. The topological polar surface area (TPSA) is 72.8 Å². The highest BCUT2D eigenvalue weighted by atomic mass is 35.5. The van der Waals surface area contributed by atoms with Crippen molar-refractivity contribution in [2.75, 3.05) is 14.1 Å². The van der Waals surface area contributed by atoms with E-state index in [-0.39, 0.29) is 0 Å². The molecule has 1 aromatic rings. The Morgan fingerprint density at radius 3 is 2.56 bits per heavy atom. The summed E-state index contributed by atoms with van der Waals surface area (Å²) < 4.78 is 0. The average molecular weight is 241 g/mol. The van der Waals surface area contributed by atoms with E-state index in [4.69, 9.17) is 16.9 Å². The van der Waals surface area contributed by atoms with E-state index in [0.29, 0.717) is 5.03 Å². The number of allylic oxidation sites excluding steroid dienone is 1. The van der Waals surface area contributed by atoms with Crippen LogP contribution in [0.4, 0.5) is 0 Å². The summed E-state index contributed by atoms with van der Waals surface area (Å²) >= 11 is 5.73. The Labute approximate surface area is 99.3 Å². The van der Waals surface area contributed by atoms with Crippen molar-refractivity contribution in [1.29, 1.82) is 5.26 Å². The zero-order valence-electron chi connectivity index (χ0n) is 9.36. The minimum Gasteiger partial charge on any atom is -0.351 e. The number of H-pyrrole nitrogens is 1. The molecule has 0 aliphatic carbocycles. The number of amides is 1. The molecule has 0 spiro atoms. The third-order valence-electron chi connectivity index (χ3n) is 1.49. The van der Waals surface area contributed by atoms with Gasteiger partial charge < -0.3 is 4.90 Å². The van der Waals surface area contributed by atoms with Crippen LogP contribution >= 0.6 is 11.6 Å². The van der Waals surface area contributed by atoms with Crippen molar-refractivity contribution < 1.29 is 4.79 Å². The molecule has 1 N–H and O–H groups in total. The Balaban J connectivity index is 0.000000385. The SMILES string of the molecule is CN(C)C=O.Cc1[nH]ncc1/C(Cl)=C/C#N. The number of nitrogens with zero attached hydrogens (tertiary/aromatic N) is 3. The number of aromatic amines is 1. The van der Waals surface area contributed by atoms with Crippen LogP contribution in [0.1, 0.15) is 11.3 Å². The van der Waals surface area contributed by atoms with Crippen molar-refractivity contribution >= 4 is 23.0 Å². The van der Waals surface area contributed by atoms with E-state index in [0.717, 1.165) is 17.7 Å². The van der Waals surface area contributed by atoms with Gasteiger partial charge in [0.1, 0.15) is 0 Å². The molecule has 0 atom stereocenters. The zero-order chi connectivity index (χ0) is 12.6. The fourth-order valence-corrected chi connectivity index (χ4v) is 0.965. The highest BCUT2D eigenvalue weighted by Gasteiger charge is 2.02. The average Bonchev–Trinajstić information content (AvgIpc) is 2.66. The molecule has 16 heavy (non-hydrogen) atoms. The Morgan fingerprint density at radius 1 is 1.69 bits per heavy atom. The van der Waals surface area contributed by atoms with Crippen LogP contribution in [-0.4, -0.2) is 35.6 Å². The van der Waals surface area contributed by atoms with E-state index >= 15 is 0 Å².